The van der Waals surface area contributed by atoms with Gasteiger partial charge in [0.1, 0.15) is 5.01 Å². The summed E-state index contributed by atoms with van der Waals surface area (Å²) in [4.78, 5) is 5.52. The second-order valence-corrected chi connectivity index (χ2v) is 4.03. The van der Waals surface area contributed by atoms with Crippen LogP contribution in [-0.2, 0) is 17.9 Å². The molecule has 1 aromatic heterocycles. The minimum atomic E-state index is 0.623. The number of methoxy groups -OCH3 is 1. The van der Waals surface area contributed by atoms with E-state index >= 15 is 0 Å². The molecule has 1 heterocycles. The van der Waals surface area contributed by atoms with E-state index in [9.17, 15) is 0 Å². The van der Waals surface area contributed by atoms with Crippen LogP contribution >= 0.6 is 11.3 Å². The van der Waals surface area contributed by atoms with Crippen LogP contribution in [0.25, 0.3) is 0 Å². The Balaban J connectivity index is 2.31. The van der Waals surface area contributed by atoms with Crippen molar-refractivity contribution < 1.29 is 4.74 Å². The molecule has 0 amide bonds. The van der Waals surface area contributed by atoms with Crippen molar-refractivity contribution in [2.45, 2.75) is 26.5 Å². The Bertz CT molecular complexity index is 237. The number of hydrogen-bond donors (Lipinski definition) is 1. The number of ether oxygens (including phenoxy) is 1. The summed E-state index contributed by atoms with van der Waals surface area (Å²) < 4.78 is 4.99. The van der Waals surface area contributed by atoms with Gasteiger partial charge in [-0.1, -0.05) is 6.92 Å². The predicted molar refractivity (Wildman–Crippen MR) is 54.8 cm³/mol. The van der Waals surface area contributed by atoms with Crippen molar-refractivity contribution in [3.8, 4) is 0 Å². The van der Waals surface area contributed by atoms with Crippen molar-refractivity contribution >= 4 is 11.3 Å². The van der Waals surface area contributed by atoms with E-state index < -0.39 is 0 Å². The molecule has 13 heavy (non-hydrogen) atoms. The zero-order valence-electron chi connectivity index (χ0n) is 8.17. The summed E-state index contributed by atoms with van der Waals surface area (Å²) >= 11 is 1.71. The van der Waals surface area contributed by atoms with E-state index in [-0.39, 0.29) is 0 Å². The maximum Gasteiger partial charge on any atom is 0.119 e. The Morgan fingerprint density at radius 3 is 3.15 bits per heavy atom. The fourth-order valence-electron chi connectivity index (χ4n) is 1.01. The average molecular weight is 200 g/mol. The van der Waals surface area contributed by atoms with Crippen LogP contribution < -0.4 is 5.32 Å². The van der Waals surface area contributed by atoms with Crippen molar-refractivity contribution in [1.82, 2.24) is 10.3 Å². The van der Waals surface area contributed by atoms with Crippen molar-refractivity contribution in [3.63, 3.8) is 0 Å². The number of nitrogens with one attached hydrogen (secondary N) is 1. The highest BCUT2D eigenvalue weighted by Gasteiger charge is 2.00. The Morgan fingerprint density at radius 1 is 1.62 bits per heavy atom. The lowest BCUT2D eigenvalue weighted by Crippen LogP contribution is -2.12. The van der Waals surface area contributed by atoms with Gasteiger partial charge in [-0.05, 0) is 13.0 Å². The zero-order valence-corrected chi connectivity index (χ0v) is 8.99. The van der Waals surface area contributed by atoms with Crippen molar-refractivity contribution in [3.05, 3.63) is 16.1 Å². The summed E-state index contributed by atoms with van der Waals surface area (Å²) in [7, 11) is 1.69. The second-order valence-electron chi connectivity index (χ2n) is 2.83. The molecule has 1 aromatic rings. The summed E-state index contributed by atoms with van der Waals surface area (Å²) in [5.41, 5.74) is 0. The van der Waals surface area contributed by atoms with Gasteiger partial charge in [0.15, 0.2) is 0 Å². The molecule has 0 aliphatic carbocycles. The monoisotopic (exact) mass is 200 g/mol. The lowest BCUT2D eigenvalue weighted by Gasteiger charge is -1.97. The molecule has 0 aromatic carbocycles. The van der Waals surface area contributed by atoms with Gasteiger partial charge < -0.3 is 10.1 Å². The fraction of sp³-hybridized carbons (Fsp3) is 0.667. The van der Waals surface area contributed by atoms with E-state index in [1.807, 2.05) is 6.20 Å². The minimum absolute atomic E-state index is 0.623. The van der Waals surface area contributed by atoms with Crippen LogP contribution in [-0.4, -0.2) is 18.6 Å². The molecule has 1 rings (SSSR count). The maximum atomic E-state index is 4.99. The maximum absolute atomic E-state index is 4.99. The minimum Gasteiger partial charge on any atom is -0.378 e. The molecule has 0 fully saturated rings. The van der Waals surface area contributed by atoms with Crippen molar-refractivity contribution in [2.24, 2.45) is 0 Å². The van der Waals surface area contributed by atoms with E-state index in [4.69, 9.17) is 4.74 Å². The third-order valence-electron chi connectivity index (χ3n) is 1.60. The second kappa shape index (κ2) is 6.07. The van der Waals surface area contributed by atoms with E-state index in [2.05, 4.69) is 17.2 Å². The standard InChI is InChI=1S/C9H16N2OS/c1-3-4-10-5-8-6-11-9(13-8)7-12-2/h6,10H,3-5,7H2,1-2H3. The normalized spacial score (nSPS) is 10.6. The quantitative estimate of drug-likeness (QED) is 0.711. The first-order chi connectivity index (χ1) is 6.36. The molecule has 0 bridgehead atoms. The third kappa shape index (κ3) is 3.85. The molecule has 0 saturated heterocycles. The number of aromatic nitrogens is 1. The van der Waals surface area contributed by atoms with Crippen LogP contribution in [0.5, 0.6) is 0 Å². The Kier molecular flexibility index (Phi) is 4.97. The summed E-state index contributed by atoms with van der Waals surface area (Å²) in [6.45, 7) is 4.78. The number of thiazole rings is 1. The van der Waals surface area contributed by atoms with E-state index in [0.717, 1.165) is 18.1 Å². The largest absolute Gasteiger partial charge is 0.378 e. The first-order valence-electron chi connectivity index (χ1n) is 4.50. The fourth-order valence-corrected chi connectivity index (χ4v) is 1.87. The molecule has 0 radical (unpaired) electrons. The molecular formula is C9H16N2OS. The van der Waals surface area contributed by atoms with E-state index in [1.165, 1.54) is 11.3 Å². The molecule has 1 N–H and O–H groups in total. The van der Waals surface area contributed by atoms with Gasteiger partial charge in [0.2, 0.25) is 0 Å². The van der Waals surface area contributed by atoms with Gasteiger partial charge in [-0.3, -0.25) is 0 Å². The van der Waals surface area contributed by atoms with Gasteiger partial charge in [0.25, 0.3) is 0 Å². The Hall–Kier alpha value is -0.450. The van der Waals surface area contributed by atoms with Gasteiger partial charge in [-0.2, -0.15) is 0 Å². The number of rotatable bonds is 6. The first-order valence-corrected chi connectivity index (χ1v) is 5.31. The van der Waals surface area contributed by atoms with Gasteiger partial charge in [-0.25, -0.2) is 4.98 Å². The predicted octanol–water partition coefficient (Wildman–Crippen LogP) is 1.79. The molecular weight excluding hydrogens is 184 g/mol. The summed E-state index contributed by atoms with van der Waals surface area (Å²) in [5, 5.41) is 4.39. The number of nitrogens with zero attached hydrogens (tertiary/aromatic N) is 1. The van der Waals surface area contributed by atoms with Gasteiger partial charge >= 0.3 is 0 Å². The molecule has 0 unspecified atom stereocenters. The molecule has 0 saturated carbocycles. The lowest BCUT2D eigenvalue weighted by atomic mass is 10.4. The molecule has 0 atom stereocenters. The molecule has 0 aliphatic heterocycles. The summed E-state index contributed by atoms with van der Waals surface area (Å²) in [6, 6.07) is 0. The van der Waals surface area contributed by atoms with Crippen LogP contribution in [0.2, 0.25) is 0 Å². The van der Waals surface area contributed by atoms with Crippen molar-refractivity contribution in [2.75, 3.05) is 13.7 Å². The van der Waals surface area contributed by atoms with Gasteiger partial charge in [-0.15, -0.1) is 11.3 Å². The van der Waals surface area contributed by atoms with Crippen LogP contribution in [0.3, 0.4) is 0 Å². The van der Waals surface area contributed by atoms with Crippen LogP contribution in [0.4, 0.5) is 0 Å². The van der Waals surface area contributed by atoms with Crippen LogP contribution in [0, 0.1) is 0 Å². The molecule has 3 nitrogen and oxygen atoms in total. The van der Waals surface area contributed by atoms with Crippen LogP contribution in [0.15, 0.2) is 6.20 Å². The average Bonchev–Trinajstić information content (AvgIpc) is 2.54. The Morgan fingerprint density at radius 2 is 2.46 bits per heavy atom. The highest BCUT2D eigenvalue weighted by molar-refractivity contribution is 7.11. The topological polar surface area (TPSA) is 34.2 Å². The molecule has 0 aliphatic rings. The summed E-state index contributed by atoms with van der Waals surface area (Å²) in [5.74, 6) is 0. The highest BCUT2D eigenvalue weighted by atomic mass is 32.1. The highest BCUT2D eigenvalue weighted by Crippen LogP contribution is 2.12. The smallest absolute Gasteiger partial charge is 0.119 e. The third-order valence-corrected chi connectivity index (χ3v) is 2.57. The Labute approximate surface area is 83.1 Å². The lowest BCUT2D eigenvalue weighted by molar-refractivity contribution is 0.184. The number of hydrogen-bond acceptors (Lipinski definition) is 4. The molecule has 4 heteroatoms. The SMILES string of the molecule is CCCNCc1cnc(COC)s1. The zero-order chi connectivity index (χ0) is 9.52. The van der Waals surface area contributed by atoms with Crippen molar-refractivity contribution in [1.29, 1.82) is 0 Å². The van der Waals surface area contributed by atoms with E-state index in [1.54, 1.807) is 18.4 Å². The van der Waals surface area contributed by atoms with E-state index in [0.29, 0.717) is 6.61 Å². The van der Waals surface area contributed by atoms with Gasteiger partial charge in [0, 0.05) is 24.7 Å². The molecule has 74 valence electrons. The first kappa shape index (κ1) is 10.6. The van der Waals surface area contributed by atoms with Gasteiger partial charge in [0.05, 0.1) is 6.61 Å². The van der Waals surface area contributed by atoms with Crippen LogP contribution in [0.1, 0.15) is 23.2 Å². The summed E-state index contributed by atoms with van der Waals surface area (Å²) in [6.07, 6.45) is 3.09. The molecule has 0 spiro atoms.